The van der Waals surface area contributed by atoms with E-state index in [1.54, 1.807) is 6.20 Å². The molecule has 0 saturated carbocycles. The molecule has 1 fully saturated rings. The number of anilines is 2. The quantitative estimate of drug-likeness (QED) is 0.903. The van der Waals surface area contributed by atoms with E-state index in [0.717, 1.165) is 43.9 Å². The van der Waals surface area contributed by atoms with Crippen molar-refractivity contribution in [3.8, 4) is 0 Å². The van der Waals surface area contributed by atoms with Gasteiger partial charge in [0.25, 0.3) is 0 Å². The molecule has 1 unspecified atom stereocenters. The maximum absolute atomic E-state index is 9.83. The van der Waals surface area contributed by atoms with Crippen LogP contribution in [0.15, 0.2) is 36.7 Å². The third kappa shape index (κ3) is 4.16. The number of pyridine rings is 1. The largest absolute Gasteiger partial charge is 0.391 e. The number of aliphatic hydroxyl groups is 1. The number of nitrogens with zero attached hydrogens (tertiary/aromatic N) is 5. The average Bonchev–Trinajstić information content (AvgIpc) is 2.61. The molecule has 0 radical (unpaired) electrons. The molecule has 23 heavy (non-hydrogen) atoms. The van der Waals surface area contributed by atoms with Gasteiger partial charge in [0, 0.05) is 51.2 Å². The van der Waals surface area contributed by atoms with E-state index in [1.165, 1.54) is 0 Å². The summed E-state index contributed by atoms with van der Waals surface area (Å²) in [5.74, 6) is 1.59. The lowest BCUT2D eigenvalue weighted by molar-refractivity contribution is 0.154. The molecule has 3 rings (SSSR count). The van der Waals surface area contributed by atoms with Crippen LogP contribution in [0.3, 0.4) is 0 Å². The predicted octanol–water partition coefficient (Wildman–Crippen LogP) is 1.51. The molecule has 0 aromatic carbocycles. The minimum atomic E-state index is -0.260. The second-order valence-electron chi connectivity index (χ2n) is 5.95. The summed E-state index contributed by atoms with van der Waals surface area (Å²) < 4.78 is 0. The Morgan fingerprint density at radius 1 is 1.26 bits per heavy atom. The summed E-state index contributed by atoms with van der Waals surface area (Å²) in [4.78, 5) is 17.5. The second kappa shape index (κ2) is 7.37. The molecular weight excluding hydrogens is 290 g/mol. The molecular formula is C17H23N5O. The van der Waals surface area contributed by atoms with Crippen molar-refractivity contribution >= 4 is 11.8 Å². The van der Waals surface area contributed by atoms with Crippen molar-refractivity contribution in [3.63, 3.8) is 0 Å². The predicted molar refractivity (Wildman–Crippen MR) is 90.7 cm³/mol. The van der Waals surface area contributed by atoms with Gasteiger partial charge in [-0.05, 0) is 31.0 Å². The van der Waals surface area contributed by atoms with Crippen LogP contribution in [0, 0.1) is 0 Å². The first-order valence-electron chi connectivity index (χ1n) is 8.09. The number of hydrogen-bond acceptors (Lipinski definition) is 6. The highest BCUT2D eigenvalue weighted by Gasteiger charge is 2.19. The minimum Gasteiger partial charge on any atom is -0.391 e. The Kier molecular flexibility index (Phi) is 5.02. The summed E-state index contributed by atoms with van der Waals surface area (Å²) >= 11 is 0. The van der Waals surface area contributed by atoms with Gasteiger partial charge < -0.3 is 14.9 Å². The number of aromatic nitrogens is 3. The van der Waals surface area contributed by atoms with E-state index in [9.17, 15) is 5.11 Å². The van der Waals surface area contributed by atoms with Gasteiger partial charge in [-0.25, -0.2) is 4.98 Å². The number of rotatable bonds is 5. The van der Waals surface area contributed by atoms with Gasteiger partial charge in [-0.3, -0.25) is 4.98 Å². The molecule has 0 bridgehead atoms. The summed E-state index contributed by atoms with van der Waals surface area (Å²) in [6.45, 7) is 2.39. The molecule has 1 aliphatic heterocycles. The maximum Gasteiger partial charge on any atom is 0.227 e. The lowest BCUT2D eigenvalue weighted by Crippen LogP contribution is -2.39. The Morgan fingerprint density at radius 2 is 2.17 bits per heavy atom. The maximum atomic E-state index is 9.83. The van der Waals surface area contributed by atoms with Gasteiger partial charge in [-0.15, -0.1) is 0 Å². The first kappa shape index (κ1) is 15.7. The van der Waals surface area contributed by atoms with E-state index in [1.807, 2.05) is 42.4 Å². The molecule has 2 aromatic heterocycles. The molecule has 0 aliphatic carbocycles. The van der Waals surface area contributed by atoms with Crippen molar-refractivity contribution in [1.82, 2.24) is 15.0 Å². The van der Waals surface area contributed by atoms with Crippen LogP contribution in [-0.4, -0.2) is 52.8 Å². The molecule has 0 spiro atoms. The fourth-order valence-corrected chi connectivity index (χ4v) is 2.79. The zero-order chi connectivity index (χ0) is 16.1. The Hall–Kier alpha value is -2.21. The van der Waals surface area contributed by atoms with Gasteiger partial charge in [0.05, 0.1) is 6.10 Å². The molecule has 1 N–H and O–H groups in total. The van der Waals surface area contributed by atoms with Crippen molar-refractivity contribution in [2.45, 2.75) is 25.4 Å². The van der Waals surface area contributed by atoms with E-state index >= 15 is 0 Å². The number of likely N-dealkylation sites (N-methyl/N-ethyl adjacent to an activating group) is 1. The van der Waals surface area contributed by atoms with Crippen LogP contribution in [0.2, 0.25) is 0 Å². The highest BCUT2D eigenvalue weighted by Crippen LogP contribution is 2.19. The van der Waals surface area contributed by atoms with Gasteiger partial charge in [0.2, 0.25) is 5.95 Å². The molecule has 1 atom stereocenters. The molecule has 6 heteroatoms. The molecule has 122 valence electrons. The lowest BCUT2D eigenvalue weighted by Gasteiger charge is -2.31. The standard InChI is InChI=1S/C17H23N5O/c1-21(12-8-14-5-2-3-9-18-14)17-19-10-7-16(20-17)22-11-4-6-15(23)13-22/h2-3,5,7,9-10,15,23H,4,6,8,11-13H2,1H3. The second-order valence-corrected chi connectivity index (χ2v) is 5.95. The highest BCUT2D eigenvalue weighted by atomic mass is 16.3. The number of β-amino-alcohol motifs (C(OH)–C–C–N with tert-alkyl or cyclic N) is 1. The Balaban J connectivity index is 1.64. The summed E-state index contributed by atoms with van der Waals surface area (Å²) in [6, 6.07) is 7.86. The first-order valence-corrected chi connectivity index (χ1v) is 8.09. The Labute approximate surface area is 136 Å². The van der Waals surface area contributed by atoms with E-state index in [4.69, 9.17) is 0 Å². The average molecular weight is 313 g/mol. The van der Waals surface area contributed by atoms with Gasteiger partial charge in [0.15, 0.2) is 0 Å². The zero-order valence-electron chi connectivity index (χ0n) is 13.5. The van der Waals surface area contributed by atoms with Crippen LogP contribution in [0.25, 0.3) is 0 Å². The van der Waals surface area contributed by atoms with E-state index in [-0.39, 0.29) is 6.10 Å². The number of piperidine rings is 1. The summed E-state index contributed by atoms with van der Waals surface area (Å²) in [5.41, 5.74) is 1.06. The van der Waals surface area contributed by atoms with E-state index in [2.05, 4.69) is 19.9 Å². The van der Waals surface area contributed by atoms with Crippen molar-refractivity contribution in [2.24, 2.45) is 0 Å². The third-order valence-electron chi connectivity index (χ3n) is 4.12. The van der Waals surface area contributed by atoms with Crippen LogP contribution >= 0.6 is 0 Å². The number of aliphatic hydroxyl groups excluding tert-OH is 1. The smallest absolute Gasteiger partial charge is 0.227 e. The van der Waals surface area contributed by atoms with Gasteiger partial charge in [-0.1, -0.05) is 6.07 Å². The summed E-state index contributed by atoms with van der Waals surface area (Å²) in [7, 11) is 1.99. The Bertz CT molecular complexity index is 621. The summed E-state index contributed by atoms with van der Waals surface area (Å²) in [6.07, 6.45) is 6.07. The van der Waals surface area contributed by atoms with Crippen LogP contribution in [0.5, 0.6) is 0 Å². The van der Waals surface area contributed by atoms with Crippen LogP contribution in [-0.2, 0) is 6.42 Å². The van der Waals surface area contributed by atoms with Crippen LogP contribution in [0.1, 0.15) is 18.5 Å². The minimum absolute atomic E-state index is 0.260. The zero-order valence-corrected chi connectivity index (χ0v) is 13.5. The third-order valence-corrected chi connectivity index (χ3v) is 4.12. The molecule has 1 aliphatic rings. The lowest BCUT2D eigenvalue weighted by atomic mass is 10.1. The molecule has 0 amide bonds. The molecule has 6 nitrogen and oxygen atoms in total. The topological polar surface area (TPSA) is 65.4 Å². The molecule has 3 heterocycles. The van der Waals surface area contributed by atoms with E-state index < -0.39 is 0 Å². The highest BCUT2D eigenvalue weighted by molar-refractivity contribution is 5.44. The molecule has 1 saturated heterocycles. The van der Waals surface area contributed by atoms with Crippen molar-refractivity contribution in [3.05, 3.63) is 42.4 Å². The van der Waals surface area contributed by atoms with Gasteiger partial charge in [-0.2, -0.15) is 4.98 Å². The van der Waals surface area contributed by atoms with Gasteiger partial charge >= 0.3 is 0 Å². The fourth-order valence-electron chi connectivity index (χ4n) is 2.79. The van der Waals surface area contributed by atoms with Crippen LogP contribution < -0.4 is 9.80 Å². The normalized spacial score (nSPS) is 18.0. The van der Waals surface area contributed by atoms with E-state index in [0.29, 0.717) is 12.5 Å². The van der Waals surface area contributed by atoms with Crippen LogP contribution in [0.4, 0.5) is 11.8 Å². The Morgan fingerprint density at radius 3 is 2.96 bits per heavy atom. The monoisotopic (exact) mass is 313 g/mol. The SMILES string of the molecule is CN(CCc1ccccn1)c1nccc(N2CCCC(O)C2)n1. The summed E-state index contributed by atoms with van der Waals surface area (Å²) in [5, 5.41) is 9.83. The van der Waals surface area contributed by atoms with Gasteiger partial charge in [0.1, 0.15) is 5.82 Å². The number of hydrogen-bond donors (Lipinski definition) is 1. The van der Waals surface area contributed by atoms with Crippen molar-refractivity contribution < 1.29 is 5.11 Å². The van der Waals surface area contributed by atoms with Crippen molar-refractivity contribution in [2.75, 3.05) is 36.5 Å². The molecule has 2 aromatic rings. The van der Waals surface area contributed by atoms with Crippen molar-refractivity contribution in [1.29, 1.82) is 0 Å². The first-order chi connectivity index (χ1) is 11.2. The fraction of sp³-hybridized carbons (Fsp3) is 0.471.